The zero-order valence-corrected chi connectivity index (χ0v) is 22.7. The monoisotopic (exact) mass is 582 g/mol. The van der Waals surface area contributed by atoms with E-state index in [1.54, 1.807) is 27.7 Å². The lowest BCUT2D eigenvalue weighted by Gasteiger charge is -2.24. The van der Waals surface area contributed by atoms with Crippen LogP contribution in [0.25, 0.3) is 0 Å². The summed E-state index contributed by atoms with van der Waals surface area (Å²) in [7, 11) is 0. The minimum Gasteiger partial charge on any atom is -0.485 e. The van der Waals surface area contributed by atoms with Crippen molar-refractivity contribution in [1.82, 2.24) is 19.2 Å². The molecular weight excluding hydrogens is 556 g/mol. The fraction of sp³-hybridized carbons (Fsp3) is 0.400. The molecule has 1 fully saturated rings. The summed E-state index contributed by atoms with van der Waals surface area (Å²) in [6.45, 7) is 7.48. The highest BCUT2D eigenvalue weighted by atomic mass is 32.1. The highest BCUT2D eigenvalue weighted by molar-refractivity contribution is 7.10. The van der Waals surface area contributed by atoms with Crippen molar-refractivity contribution in [2.45, 2.75) is 52.0 Å². The van der Waals surface area contributed by atoms with Crippen LogP contribution in [0.2, 0.25) is 0 Å². The molecular formula is C25H26F4N6O4S. The quantitative estimate of drug-likeness (QED) is 0.351. The van der Waals surface area contributed by atoms with Crippen molar-refractivity contribution in [3.63, 3.8) is 0 Å². The van der Waals surface area contributed by atoms with Gasteiger partial charge in [0, 0.05) is 24.7 Å². The van der Waals surface area contributed by atoms with Crippen molar-refractivity contribution in [3.05, 3.63) is 53.4 Å². The average molecular weight is 583 g/mol. The molecule has 1 aromatic carbocycles. The number of amides is 2. The maximum absolute atomic E-state index is 14.5. The second-order valence-corrected chi connectivity index (χ2v) is 10.7. The Labute approximate surface area is 230 Å². The summed E-state index contributed by atoms with van der Waals surface area (Å²) in [5, 5.41) is 5.65. The third kappa shape index (κ3) is 7.14. The summed E-state index contributed by atoms with van der Waals surface area (Å²) in [6.07, 6.45) is -3.64. The number of hydrogen-bond acceptors (Lipinski definition) is 9. The number of aromatic nitrogens is 3. The molecule has 3 aromatic rings. The Morgan fingerprint density at radius 1 is 1.15 bits per heavy atom. The highest BCUT2D eigenvalue weighted by Crippen LogP contribution is 2.31. The summed E-state index contributed by atoms with van der Waals surface area (Å²) in [4.78, 5) is 33.9. The molecule has 1 saturated heterocycles. The number of likely N-dealkylation sites (tertiary alicyclic amines) is 1. The van der Waals surface area contributed by atoms with Crippen molar-refractivity contribution in [2.24, 2.45) is 0 Å². The zero-order chi connectivity index (χ0) is 29.2. The van der Waals surface area contributed by atoms with E-state index in [1.807, 2.05) is 0 Å². The van der Waals surface area contributed by atoms with Gasteiger partial charge in [-0.1, -0.05) is 0 Å². The van der Waals surface area contributed by atoms with Crippen molar-refractivity contribution < 1.29 is 36.6 Å². The molecule has 0 spiro atoms. The predicted molar refractivity (Wildman–Crippen MR) is 138 cm³/mol. The Morgan fingerprint density at radius 2 is 1.90 bits per heavy atom. The summed E-state index contributed by atoms with van der Waals surface area (Å²) in [6, 6.07) is 3.82. The van der Waals surface area contributed by atoms with Crippen LogP contribution in [-0.4, -0.2) is 56.0 Å². The van der Waals surface area contributed by atoms with Crippen LogP contribution in [0.5, 0.6) is 5.75 Å². The van der Waals surface area contributed by atoms with E-state index in [9.17, 15) is 27.2 Å². The van der Waals surface area contributed by atoms with Crippen LogP contribution < -0.4 is 15.4 Å². The second kappa shape index (κ2) is 11.2. The van der Waals surface area contributed by atoms with E-state index >= 15 is 0 Å². The number of ether oxygens (including phenoxy) is 2. The Morgan fingerprint density at radius 3 is 2.55 bits per heavy atom. The van der Waals surface area contributed by atoms with Gasteiger partial charge >= 0.3 is 12.3 Å². The number of nitrogens with one attached hydrogen (secondary N) is 2. The van der Waals surface area contributed by atoms with Gasteiger partial charge in [-0.15, -0.1) is 0 Å². The van der Waals surface area contributed by atoms with Gasteiger partial charge in [0.1, 0.15) is 22.5 Å². The van der Waals surface area contributed by atoms with Gasteiger partial charge in [-0.3, -0.25) is 4.79 Å². The van der Waals surface area contributed by atoms with Crippen LogP contribution in [0.1, 0.15) is 48.9 Å². The minimum absolute atomic E-state index is 0.0137. The van der Waals surface area contributed by atoms with Gasteiger partial charge in [0.05, 0.1) is 30.2 Å². The zero-order valence-electron chi connectivity index (χ0n) is 21.9. The molecule has 1 aliphatic heterocycles. The third-order valence-electron chi connectivity index (χ3n) is 5.55. The number of aryl methyl sites for hydroxylation is 1. The molecule has 0 bridgehead atoms. The standard InChI is InChI=1S/C25H26F4N6O4S/c1-13-20(22(40-34-13)33-19-11-30-18(10-31-19)25(27,28)29)21(36)32-14-5-6-16(26)17(9-14)38-15-7-8-35(12-15)23(37)39-24(2,3)4/h5-6,9-11,15H,7-8,12H2,1-4H3,(H,31,33)(H,32,36)/t15-/m1/s1. The molecule has 1 aliphatic rings. The topological polar surface area (TPSA) is 119 Å². The van der Waals surface area contributed by atoms with Crippen LogP contribution in [0.4, 0.5) is 38.9 Å². The largest absolute Gasteiger partial charge is 0.485 e. The number of benzene rings is 1. The number of anilines is 3. The smallest absolute Gasteiger partial charge is 0.434 e. The first-order valence-corrected chi connectivity index (χ1v) is 12.8. The number of carbonyl (C=O) groups excluding carboxylic acids is 2. The summed E-state index contributed by atoms with van der Waals surface area (Å²) < 4.78 is 68.1. The lowest BCUT2D eigenvalue weighted by Crippen LogP contribution is -2.36. The van der Waals surface area contributed by atoms with E-state index < -0.39 is 41.4 Å². The molecule has 40 heavy (non-hydrogen) atoms. The van der Waals surface area contributed by atoms with Gasteiger partial charge in [-0.05, 0) is 51.4 Å². The van der Waals surface area contributed by atoms with E-state index in [1.165, 1.54) is 17.0 Å². The van der Waals surface area contributed by atoms with Gasteiger partial charge in [0.2, 0.25) is 0 Å². The maximum Gasteiger partial charge on any atom is 0.434 e. The van der Waals surface area contributed by atoms with Crippen molar-refractivity contribution in [2.75, 3.05) is 23.7 Å². The molecule has 0 saturated carbocycles. The first-order valence-electron chi connectivity index (χ1n) is 12.1. The van der Waals surface area contributed by atoms with Crippen LogP contribution in [0.3, 0.4) is 0 Å². The Hall–Kier alpha value is -4.01. The van der Waals surface area contributed by atoms with E-state index in [-0.39, 0.29) is 34.4 Å². The molecule has 0 aliphatic carbocycles. The summed E-state index contributed by atoms with van der Waals surface area (Å²) in [5.41, 5.74) is -1.08. The first kappa shape index (κ1) is 29.0. The number of rotatable bonds is 6. The van der Waals surface area contributed by atoms with E-state index in [4.69, 9.17) is 9.47 Å². The van der Waals surface area contributed by atoms with Gasteiger partial charge in [0.25, 0.3) is 5.91 Å². The summed E-state index contributed by atoms with van der Waals surface area (Å²) >= 11 is 0.913. The fourth-order valence-electron chi connectivity index (χ4n) is 3.74. The van der Waals surface area contributed by atoms with Crippen molar-refractivity contribution >= 4 is 40.0 Å². The molecule has 2 N–H and O–H groups in total. The molecule has 2 amide bonds. The van der Waals surface area contributed by atoms with Gasteiger partial charge in [-0.2, -0.15) is 17.5 Å². The lowest BCUT2D eigenvalue weighted by atomic mass is 10.2. The predicted octanol–water partition coefficient (Wildman–Crippen LogP) is 5.78. The Bertz CT molecular complexity index is 1390. The Balaban J connectivity index is 1.43. The third-order valence-corrected chi connectivity index (χ3v) is 6.41. The van der Waals surface area contributed by atoms with Gasteiger partial charge in [0.15, 0.2) is 17.3 Å². The number of hydrogen-bond donors (Lipinski definition) is 2. The molecule has 10 nitrogen and oxygen atoms in total. The van der Waals surface area contributed by atoms with Crippen LogP contribution in [0, 0.1) is 12.7 Å². The lowest BCUT2D eigenvalue weighted by molar-refractivity contribution is -0.141. The maximum atomic E-state index is 14.5. The van der Waals surface area contributed by atoms with Crippen molar-refractivity contribution in [3.8, 4) is 5.75 Å². The Kier molecular flexibility index (Phi) is 8.14. The SMILES string of the molecule is Cc1nsc(Nc2cnc(C(F)(F)F)cn2)c1C(=O)Nc1ccc(F)c(O[C@@H]2CCN(C(=O)OC(C)(C)C)C2)c1. The normalized spacial score (nSPS) is 15.6. The van der Waals surface area contributed by atoms with E-state index in [0.29, 0.717) is 24.9 Å². The molecule has 15 heteroatoms. The van der Waals surface area contributed by atoms with Gasteiger partial charge in [-0.25, -0.2) is 19.2 Å². The van der Waals surface area contributed by atoms with Crippen LogP contribution in [0.15, 0.2) is 30.6 Å². The number of halogens is 4. The van der Waals surface area contributed by atoms with Gasteiger partial charge < -0.3 is 25.0 Å². The average Bonchev–Trinajstić information content (AvgIpc) is 3.46. The minimum atomic E-state index is -4.63. The second-order valence-electron chi connectivity index (χ2n) is 9.94. The van der Waals surface area contributed by atoms with Crippen LogP contribution in [-0.2, 0) is 10.9 Å². The van der Waals surface area contributed by atoms with E-state index in [0.717, 1.165) is 23.8 Å². The molecule has 1 atom stereocenters. The molecule has 4 rings (SSSR count). The van der Waals surface area contributed by atoms with E-state index in [2.05, 4.69) is 25.0 Å². The molecule has 0 unspecified atom stereocenters. The number of nitrogens with zero attached hydrogens (tertiary/aromatic N) is 4. The molecule has 3 heterocycles. The molecule has 0 radical (unpaired) electrons. The number of alkyl halides is 3. The number of carbonyl (C=O) groups is 2. The van der Waals surface area contributed by atoms with Crippen molar-refractivity contribution in [1.29, 1.82) is 0 Å². The first-order chi connectivity index (χ1) is 18.7. The molecule has 2 aromatic heterocycles. The van der Waals surface area contributed by atoms with Crippen LogP contribution >= 0.6 is 11.5 Å². The highest BCUT2D eigenvalue weighted by Gasteiger charge is 2.33. The molecule has 214 valence electrons. The summed E-state index contributed by atoms with van der Waals surface area (Å²) in [5.74, 6) is -1.36. The fourth-order valence-corrected chi connectivity index (χ4v) is 4.54.